The maximum Gasteiger partial charge on any atom is 0.141 e. The van der Waals surface area contributed by atoms with Crippen LogP contribution in [0.25, 0.3) is 0 Å². The number of hydrogen-bond acceptors (Lipinski definition) is 1. The summed E-state index contributed by atoms with van der Waals surface area (Å²) < 4.78 is 12.8. The molecule has 0 amide bonds. The second-order valence-electron chi connectivity index (χ2n) is 3.54. The Bertz CT molecular complexity index is 326. The molecular weight excluding hydrogens is 224 g/mol. The molecule has 0 aromatic heterocycles. The Labute approximate surface area is 93.8 Å². The first-order chi connectivity index (χ1) is 6.18. The minimum absolute atomic E-state index is 0. The molecule has 0 spiro atoms. The van der Waals surface area contributed by atoms with Gasteiger partial charge in [0.1, 0.15) is 5.82 Å². The Morgan fingerprint density at radius 3 is 2.57 bits per heavy atom. The zero-order valence-corrected chi connectivity index (χ0v) is 9.11. The number of rotatable bonds is 2. The lowest BCUT2D eigenvalue weighted by Crippen LogP contribution is -2.12. The van der Waals surface area contributed by atoms with Gasteiger partial charge in [0.15, 0.2) is 0 Å². The van der Waals surface area contributed by atoms with E-state index >= 15 is 0 Å². The van der Waals surface area contributed by atoms with Crippen molar-refractivity contribution < 1.29 is 4.39 Å². The molecule has 14 heavy (non-hydrogen) atoms. The number of halogens is 3. The average Bonchev–Trinajstić information content (AvgIpc) is 2.91. The Morgan fingerprint density at radius 1 is 1.43 bits per heavy atom. The van der Waals surface area contributed by atoms with Gasteiger partial charge in [0.25, 0.3) is 0 Å². The molecule has 2 N–H and O–H groups in total. The van der Waals surface area contributed by atoms with Gasteiger partial charge < -0.3 is 5.73 Å². The summed E-state index contributed by atoms with van der Waals surface area (Å²) in [4.78, 5) is 0. The second-order valence-corrected chi connectivity index (χ2v) is 3.94. The van der Waals surface area contributed by atoms with Crippen molar-refractivity contribution in [2.75, 3.05) is 0 Å². The molecule has 0 saturated heterocycles. The van der Waals surface area contributed by atoms with Gasteiger partial charge in [0.05, 0.1) is 5.02 Å². The van der Waals surface area contributed by atoms with Gasteiger partial charge in [-0.1, -0.05) is 17.7 Å². The maximum absolute atomic E-state index is 12.8. The predicted octanol–water partition coefficient (Wildman–Crippen LogP) is 3.31. The monoisotopic (exact) mass is 235 g/mol. The van der Waals surface area contributed by atoms with E-state index in [2.05, 4.69) is 0 Å². The quantitative estimate of drug-likeness (QED) is 0.837. The fourth-order valence-electron chi connectivity index (χ4n) is 1.45. The van der Waals surface area contributed by atoms with E-state index in [0.717, 1.165) is 5.56 Å². The summed E-state index contributed by atoms with van der Waals surface area (Å²) in [5, 5.41) is 0.161. The van der Waals surface area contributed by atoms with Crippen LogP contribution in [0.2, 0.25) is 5.02 Å². The summed E-state index contributed by atoms with van der Waals surface area (Å²) in [5.41, 5.74) is 6.88. The normalized spacial score (nSPS) is 17.4. The Hall–Kier alpha value is -0.310. The van der Waals surface area contributed by atoms with Crippen LogP contribution in [0.3, 0.4) is 0 Å². The summed E-state index contributed by atoms with van der Waals surface area (Å²) >= 11 is 5.65. The zero-order chi connectivity index (χ0) is 9.42. The molecule has 1 atom stereocenters. The van der Waals surface area contributed by atoms with Crippen LogP contribution in [-0.4, -0.2) is 0 Å². The summed E-state index contributed by atoms with van der Waals surface area (Å²) in [6.45, 7) is 0. The van der Waals surface area contributed by atoms with Crippen molar-refractivity contribution in [3.05, 3.63) is 34.6 Å². The lowest BCUT2D eigenvalue weighted by molar-refractivity contribution is 0.613. The van der Waals surface area contributed by atoms with Crippen molar-refractivity contribution in [2.24, 2.45) is 11.7 Å². The van der Waals surface area contributed by atoms with E-state index in [4.69, 9.17) is 17.3 Å². The lowest BCUT2D eigenvalue weighted by atomic mass is 10.0. The molecule has 1 aromatic rings. The van der Waals surface area contributed by atoms with Crippen molar-refractivity contribution in [3.8, 4) is 0 Å². The molecule has 1 aliphatic rings. The van der Waals surface area contributed by atoms with E-state index < -0.39 is 0 Å². The van der Waals surface area contributed by atoms with E-state index in [1.165, 1.54) is 18.9 Å². The highest BCUT2D eigenvalue weighted by molar-refractivity contribution is 6.30. The molecule has 2 rings (SSSR count). The molecule has 4 heteroatoms. The van der Waals surface area contributed by atoms with Gasteiger partial charge >= 0.3 is 0 Å². The van der Waals surface area contributed by atoms with Crippen LogP contribution < -0.4 is 5.73 Å². The van der Waals surface area contributed by atoms with Crippen molar-refractivity contribution in [1.29, 1.82) is 0 Å². The highest BCUT2D eigenvalue weighted by atomic mass is 35.5. The molecular formula is C10H12Cl2FN. The standard InChI is InChI=1S/C10H11ClFN.ClH/c11-8-5-7(3-4-9(8)12)10(13)6-1-2-6;/h3-6,10H,1-2,13H2;1H/t10-;/m0./s1. The first kappa shape index (κ1) is 11.8. The largest absolute Gasteiger partial charge is 0.324 e. The molecule has 1 aromatic carbocycles. The van der Waals surface area contributed by atoms with Gasteiger partial charge in [-0.3, -0.25) is 0 Å². The zero-order valence-electron chi connectivity index (χ0n) is 7.54. The summed E-state index contributed by atoms with van der Waals surface area (Å²) in [6, 6.07) is 4.74. The SMILES string of the molecule is Cl.N[C@H](c1ccc(F)c(Cl)c1)C1CC1. The summed E-state index contributed by atoms with van der Waals surface area (Å²) in [5.74, 6) is 0.190. The molecule has 1 fully saturated rings. The Balaban J connectivity index is 0.000000980. The fourth-order valence-corrected chi connectivity index (χ4v) is 1.64. The van der Waals surface area contributed by atoms with Gasteiger partial charge in [-0.25, -0.2) is 4.39 Å². The van der Waals surface area contributed by atoms with Gasteiger partial charge in [-0.15, -0.1) is 12.4 Å². The van der Waals surface area contributed by atoms with Crippen LogP contribution in [0.4, 0.5) is 4.39 Å². The predicted molar refractivity (Wildman–Crippen MR) is 58.3 cm³/mol. The van der Waals surface area contributed by atoms with Crippen LogP contribution in [0.5, 0.6) is 0 Å². The topological polar surface area (TPSA) is 26.0 Å². The van der Waals surface area contributed by atoms with E-state index in [1.54, 1.807) is 12.1 Å². The molecule has 0 aliphatic heterocycles. The fraction of sp³-hybridized carbons (Fsp3) is 0.400. The van der Waals surface area contributed by atoms with E-state index in [0.29, 0.717) is 5.92 Å². The van der Waals surface area contributed by atoms with Crippen molar-refractivity contribution in [1.82, 2.24) is 0 Å². The Kier molecular flexibility index (Phi) is 3.76. The third kappa shape index (κ3) is 2.38. The highest BCUT2D eigenvalue weighted by Gasteiger charge is 2.29. The molecule has 0 radical (unpaired) electrons. The van der Waals surface area contributed by atoms with Crippen LogP contribution in [-0.2, 0) is 0 Å². The third-order valence-corrected chi connectivity index (χ3v) is 2.75. The molecule has 1 nitrogen and oxygen atoms in total. The number of benzene rings is 1. The maximum atomic E-state index is 12.8. The van der Waals surface area contributed by atoms with Crippen molar-refractivity contribution in [2.45, 2.75) is 18.9 Å². The van der Waals surface area contributed by atoms with Crippen LogP contribution in [0, 0.1) is 11.7 Å². The van der Waals surface area contributed by atoms with Crippen LogP contribution >= 0.6 is 24.0 Å². The van der Waals surface area contributed by atoms with E-state index in [9.17, 15) is 4.39 Å². The van der Waals surface area contributed by atoms with Gasteiger partial charge in [-0.05, 0) is 36.5 Å². The van der Waals surface area contributed by atoms with Crippen LogP contribution in [0.1, 0.15) is 24.4 Å². The van der Waals surface area contributed by atoms with Gasteiger partial charge in [0, 0.05) is 6.04 Å². The highest BCUT2D eigenvalue weighted by Crippen LogP contribution is 2.39. The lowest BCUT2D eigenvalue weighted by Gasteiger charge is -2.10. The molecule has 0 bridgehead atoms. The minimum atomic E-state index is -0.381. The second kappa shape index (κ2) is 4.47. The number of hydrogen-bond donors (Lipinski definition) is 1. The van der Waals surface area contributed by atoms with E-state index in [-0.39, 0.29) is 29.3 Å². The van der Waals surface area contributed by atoms with Crippen molar-refractivity contribution in [3.63, 3.8) is 0 Å². The first-order valence-electron chi connectivity index (χ1n) is 4.39. The minimum Gasteiger partial charge on any atom is -0.324 e. The molecule has 1 saturated carbocycles. The van der Waals surface area contributed by atoms with Crippen LogP contribution in [0.15, 0.2) is 18.2 Å². The molecule has 0 heterocycles. The van der Waals surface area contributed by atoms with Crippen molar-refractivity contribution >= 4 is 24.0 Å². The molecule has 0 unspecified atom stereocenters. The van der Waals surface area contributed by atoms with Gasteiger partial charge in [0.2, 0.25) is 0 Å². The molecule has 1 aliphatic carbocycles. The van der Waals surface area contributed by atoms with E-state index in [1.807, 2.05) is 0 Å². The Morgan fingerprint density at radius 2 is 2.07 bits per heavy atom. The number of nitrogens with two attached hydrogens (primary N) is 1. The summed E-state index contributed by atoms with van der Waals surface area (Å²) in [7, 11) is 0. The summed E-state index contributed by atoms with van der Waals surface area (Å²) in [6.07, 6.45) is 2.35. The average molecular weight is 236 g/mol. The molecule has 78 valence electrons. The smallest absolute Gasteiger partial charge is 0.141 e. The van der Waals surface area contributed by atoms with Gasteiger partial charge in [-0.2, -0.15) is 0 Å². The third-order valence-electron chi connectivity index (χ3n) is 2.46. The first-order valence-corrected chi connectivity index (χ1v) is 4.77.